The molecule has 0 radical (unpaired) electrons. The number of benzene rings is 2. The predicted molar refractivity (Wildman–Crippen MR) is 117 cm³/mol. The van der Waals surface area contributed by atoms with Gasteiger partial charge in [-0.3, -0.25) is 5.41 Å². The number of nitrogens with two attached hydrogens (primary N) is 1. The Morgan fingerprint density at radius 3 is 2.17 bits per heavy atom. The Morgan fingerprint density at radius 1 is 1.14 bits per heavy atom. The monoisotopic (exact) mass is 418 g/mol. The smallest absolute Gasteiger partial charge is 0.242 e. The molecule has 0 fully saturated rings. The number of nitrogens with zero attached hydrogens (tertiary/aromatic N) is 1. The summed E-state index contributed by atoms with van der Waals surface area (Å²) < 4.78 is 26.7. The molecule has 0 aliphatic heterocycles. The van der Waals surface area contributed by atoms with Crippen molar-refractivity contribution in [2.24, 2.45) is 5.73 Å². The van der Waals surface area contributed by atoms with Gasteiger partial charge in [0.05, 0.1) is 11.0 Å². The predicted octanol–water partition coefficient (Wildman–Crippen LogP) is 2.36. The number of anilines is 1. The van der Waals surface area contributed by atoms with Crippen molar-refractivity contribution in [1.82, 2.24) is 4.31 Å². The molecule has 0 heterocycles. The largest absolute Gasteiger partial charge is 0.390 e. The second-order valence-corrected chi connectivity index (χ2v) is 10.1. The summed E-state index contributed by atoms with van der Waals surface area (Å²) in [5.74, 6) is -0.0149. The average Bonchev–Trinajstić information content (AvgIpc) is 2.66. The van der Waals surface area contributed by atoms with Crippen LogP contribution in [0.4, 0.5) is 5.69 Å². The van der Waals surface area contributed by atoms with E-state index in [1.54, 1.807) is 36.4 Å². The number of hydrogen-bond donors (Lipinski definition) is 4. The topological polar surface area (TPSA) is 120 Å². The second-order valence-electron chi connectivity index (χ2n) is 8.09. The number of hydrogen-bond acceptors (Lipinski definition) is 5. The van der Waals surface area contributed by atoms with E-state index in [4.69, 9.17) is 11.1 Å². The molecule has 0 spiro atoms. The number of aliphatic hydroxyl groups is 1. The molecular weight excluding hydrogens is 388 g/mol. The summed E-state index contributed by atoms with van der Waals surface area (Å²) in [7, 11) is -2.23. The lowest BCUT2D eigenvalue weighted by atomic mass is 9.87. The zero-order chi connectivity index (χ0) is 21.8. The van der Waals surface area contributed by atoms with Crippen LogP contribution in [0.3, 0.4) is 0 Å². The fourth-order valence-corrected chi connectivity index (χ4v) is 3.98. The third-order valence-corrected chi connectivity index (χ3v) is 6.47. The highest BCUT2D eigenvalue weighted by Crippen LogP contribution is 2.24. The summed E-state index contributed by atoms with van der Waals surface area (Å²) in [5.41, 5.74) is 7.78. The fourth-order valence-electron chi connectivity index (χ4n) is 2.77. The zero-order valence-electron chi connectivity index (χ0n) is 17.3. The number of likely N-dealkylation sites (N-methyl/N-ethyl adjacent to an activating group) is 1. The number of amidine groups is 1. The Kier molecular flexibility index (Phi) is 7.05. The van der Waals surface area contributed by atoms with Crippen LogP contribution in [0.1, 0.15) is 31.9 Å². The van der Waals surface area contributed by atoms with Gasteiger partial charge in [-0.15, -0.1) is 0 Å². The van der Waals surface area contributed by atoms with E-state index in [0.717, 1.165) is 15.6 Å². The molecule has 0 aliphatic carbocycles. The van der Waals surface area contributed by atoms with Gasteiger partial charge in [-0.25, -0.2) is 8.42 Å². The molecule has 2 rings (SSSR count). The highest BCUT2D eigenvalue weighted by molar-refractivity contribution is 7.89. The molecule has 0 amide bonds. The van der Waals surface area contributed by atoms with Gasteiger partial charge in [-0.05, 0) is 47.4 Å². The van der Waals surface area contributed by atoms with Crippen molar-refractivity contribution >= 4 is 21.5 Å². The molecule has 7 nitrogen and oxygen atoms in total. The molecule has 0 aromatic heterocycles. The van der Waals surface area contributed by atoms with Gasteiger partial charge in [0.15, 0.2) is 0 Å². The number of rotatable bonds is 8. The standard InChI is InChI=1S/C21H30N4O3S/c1-21(2,3)16-7-11-19(12-8-16)29(27,28)25(4)14-18(26)13-24-17-9-5-15(6-10-17)20(22)23/h5-12,18,24,26H,13-14H2,1-4H3,(H3,22,23). The highest BCUT2D eigenvalue weighted by Gasteiger charge is 2.24. The van der Waals surface area contributed by atoms with Crippen LogP contribution in [-0.2, 0) is 15.4 Å². The zero-order valence-corrected chi connectivity index (χ0v) is 18.1. The van der Waals surface area contributed by atoms with E-state index >= 15 is 0 Å². The van der Waals surface area contributed by atoms with Crippen LogP contribution in [0.5, 0.6) is 0 Å². The minimum absolute atomic E-state index is 0.0149. The Balaban J connectivity index is 1.96. The SMILES string of the molecule is CN(CC(O)CNc1ccc(C(=N)N)cc1)S(=O)(=O)c1ccc(C(C)(C)C)cc1. The summed E-state index contributed by atoms with van der Waals surface area (Å²) >= 11 is 0. The van der Waals surface area contributed by atoms with Crippen molar-refractivity contribution in [3.8, 4) is 0 Å². The highest BCUT2D eigenvalue weighted by atomic mass is 32.2. The van der Waals surface area contributed by atoms with Crippen LogP contribution in [0.15, 0.2) is 53.4 Å². The van der Waals surface area contributed by atoms with E-state index in [9.17, 15) is 13.5 Å². The van der Waals surface area contributed by atoms with Crippen molar-refractivity contribution in [2.75, 3.05) is 25.5 Å². The van der Waals surface area contributed by atoms with E-state index in [0.29, 0.717) is 5.56 Å². The molecular formula is C21H30N4O3S. The molecule has 8 heteroatoms. The van der Waals surface area contributed by atoms with E-state index in [-0.39, 0.29) is 29.2 Å². The Morgan fingerprint density at radius 2 is 1.69 bits per heavy atom. The van der Waals surface area contributed by atoms with Gasteiger partial charge in [-0.1, -0.05) is 32.9 Å². The van der Waals surface area contributed by atoms with Crippen LogP contribution in [-0.4, -0.2) is 49.9 Å². The maximum Gasteiger partial charge on any atom is 0.242 e. The van der Waals surface area contributed by atoms with Gasteiger partial charge < -0.3 is 16.2 Å². The van der Waals surface area contributed by atoms with Gasteiger partial charge in [0.2, 0.25) is 10.0 Å². The summed E-state index contributed by atoms with van der Waals surface area (Å²) in [6.07, 6.45) is -0.892. The third-order valence-electron chi connectivity index (χ3n) is 4.63. The summed E-state index contributed by atoms with van der Waals surface area (Å²) in [6.45, 7) is 6.35. The normalized spacial score (nSPS) is 13.3. The first-order chi connectivity index (χ1) is 13.4. The van der Waals surface area contributed by atoms with Gasteiger partial charge in [0, 0.05) is 31.4 Å². The van der Waals surface area contributed by atoms with Gasteiger partial charge in [0.25, 0.3) is 0 Å². The fraction of sp³-hybridized carbons (Fsp3) is 0.381. The summed E-state index contributed by atoms with van der Waals surface area (Å²) in [5, 5.41) is 20.7. The number of nitrogen functional groups attached to an aromatic ring is 1. The van der Waals surface area contributed by atoms with Crippen LogP contribution in [0.25, 0.3) is 0 Å². The average molecular weight is 419 g/mol. The van der Waals surface area contributed by atoms with E-state index < -0.39 is 16.1 Å². The van der Waals surface area contributed by atoms with Gasteiger partial charge >= 0.3 is 0 Å². The molecule has 158 valence electrons. The van der Waals surface area contributed by atoms with Crippen molar-refractivity contribution in [1.29, 1.82) is 5.41 Å². The summed E-state index contributed by atoms with van der Waals surface area (Å²) in [6, 6.07) is 13.8. The molecule has 1 atom stereocenters. The van der Waals surface area contributed by atoms with E-state index in [1.165, 1.54) is 7.05 Å². The molecule has 0 saturated heterocycles. The Hall–Kier alpha value is -2.42. The summed E-state index contributed by atoms with van der Waals surface area (Å²) in [4.78, 5) is 0.202. The van der Waals surface area contributed by atoms with Crippen molar-refractivity contribution in [2.45, 2.75) is 37.2 Å². The quantitative estimate of drug-likeness (QED) is 0.387. The van der Waals surface area contributed by atoms with Gasteiger partial charge in [0.1, 0.15) is 5.84 Å². The molecule has 0 bridgehead atoms. The Labute approximate surface area is 173 Å². The van der Waals surface area contributed by atoms with Crippen LogP contribution >= 0.6 is 0 Å². The number of aliphatic hydroxyl groups excluding tert-OH is 1. The lowest BCUT2D eigenvalue weighted by Gasteiger charge is -2.22. The van der Waals surface area contributed by atoms with Crippen molar-refractivity contribution < 1.29 is 13.5 Å². The number of nitrogens with one attached hydrogen (secondary N) is 2. The molecule has 2 aromatic rings. The molecule has 0 saturated carbocycles. The van der Waals surface area contributed by atoms with Crippen molar-refractivity contribution in [3.63, 3.8) is 0 Å². The number of sulfonamides is 1. The third kappa shape index (κ3) is 6.03. The molecule has 29 heavy (non-hydrogen) atoms. The molecule has 0 aliphatic rings. The maximum absolute atomic E-state index is 12.8. The van der Waals surface area contributed by atoms with Crippen LogP contribution < -0.4 is 11.1 Å². The van der Waals surface area contributed by atoms with E-state index in [2.05, 4.69) is 26.1 Å². The molecule has 2 aromatic carbocycles. The molecule has 1 unspecified atom stereocenters. The lowest BCUT2D eigenvalue weighted by molar-refractivity contribution is 0.164. The maximum atomic E-state index is 12.8. The van der Waals surface area contributed by atoms with Gasteiger partial charge in [-0.2, -0.15) is 4.31 Å². The first-order valence-electron chi connectivity index (χ1n) is 9.34. The first-order valence-corrected chi connectivity index (χ1v) is 10.8. The first kappa shape index (κ1) is 22.9. The second kappa shape index (κ2) is 8.94. The van der Waals surface area contributed by atoms with Crippen molar-refractivity contribution in [3.05, 3.63) is 59.7 Å². The van der Waals surface area contributed by atoms with E-state index in [1.807, 2.05) is 12.1 Å². The minimum atomic E-state index is -3.69. The molecule has 5 N–H and O–H groups in total. The Bertz CT molecular complexity index is 933. The van der Waals surface area contributed by atoms with Crippen LogP contribution in [0, 0.1) is 5.41 Å². The minimum Gasteiger partial charge on any atom is -0.390 e. The van der Waals surface area contributed by atoms with Crippen LogP contribution in [0.2, 0.25) is 0 Å². The lowest BCUT2D eigenvalue weighted by Crippen LogP contribution is -2.37.